The zero-order valence-electron chi connectivity index (χ0n) is 13.4. The van der Waals surface area contributed by atoms with Gasteiger partial charge in [-0.15, -0.1) is 0 Å². The van der Waals surface area contributed by atoms with Crippen molar-refractivity contribution in [2.24, 2.45) is 5.92 Å². The monoisotopic (exact) mass is 305 g/mol. The molecule has 1 atom stereocenters. The molecule has 22 heavy (non-hydrogen) atoms. The maximum Gasteiger partial charge on any atom is 0.231 e. The number of aliphatic hydroxyl groups is 1. The number of hydrogen-bond acceptors (Lipinski definition) is 4. The maximum atomic E-state index is 9.20. The zero-order valence-corrected chi connectivity index (χ0v) is 13.4. The van der Waals surface area contributed by atoms with E-state index in [0.717, 1.165) is 37.2 Å². The molecule has 2 N–H and O–H groups in total. The van der Waals surface area contributed by atoms with Crippen molar-refractivity contribution < 1.29 is 14.6 Å². The molecule has 1 unspecified atom stereocenters. The highest BCUT2D eigenvalue weighted by molar-refractivity contribution is 5.44. The minimum Gasteiger partial charge on any atom is -0.454 e. The Kier molecular flexibility index (Phi) is 5.21. The number of rotatable bonds is 6. The third-order valence-corrected chi connectivity index (χ3v) is 4.93. The summed E-state index contributed by atoms with van der Waals surface area (Å²) in [6.45, 7) is 2.96. The fourth-order valence-corrected chi connectivity index (χ4v) is 3.48. The molecule has 4 nitrogen and oxygen atoms in total. The number of hydrogen-bond donors (Lipinski definition) is 2. The SMILES string of the molecule is CC(CCc1ccc2c(c1)OCO2)NC1CCC(CO)CC1. The zero-order chi connectivity index (χ0) is 15.4. The van der Waals surface area contributed by atoms with Gasteiger partial charge in [0.1, 0.15) is 0 Å². The molecule has 1 saturated carbocycles. The molecule has 3 rings (SSSR count). The molecule has 1 aliphatic carbocycles. The molecule has 1 heterocycles. The van der Waals surface area contributed by atoms with Crippen molar-refractivity contribution in [2.75, 3.05) is 13.4 Å². The minimum absolute atomic E-state index is 0.341. The molecule has 122 valence electrons. The second-order valence-corrected chi connectivity index (χ2v) is 6.69. The van der Waals surface area contributed by atoms with Crippen molar-refractivity contribution in [3.63, 3.8) is 0 Å². The lowest BCUT2D eigenvalue weighted by molar-refractivity contribution is 0.172. The summed E-state index contributed by atoms with van der Waals surface area (Å²) in [6, 6.07) is 7.37. The van der Waals surface area contributed by atoms with E-state index in [-0.39, 0.29) is 0 Å². The van der Waals surface area contributed by atoms with Crippen LogP contribution in [-0.2, 0) is 6.42 Å². The summed E-state index contributed by atoms with van der Waals surface area (Å²) in [4.78, 5) is 0. The van der Waals surface area contributed by atoms with Crippen molar-refractivity contribution in [1.82, 2.24) is 5.32 Å². The fourth-order valence-electron chi connectivity index (χ4n) is 3.48. The predicted octanol–water partition coefficient (Wildman–Crippen LogP) is 2.88. The first-order valence-corrected chi connectivity index (χ1v) is 8.50. The molecule has 1 aliphatic heterocycles. The summed E-state index contributed by atoms with van der Waals surface area (Å²) in [6.07, 6.45) is 6.88. The van der Waals surface area contributed by atoms with Crippen LogP contribution in [0.15, 0.2) is 18.2 Å². The molecule has 0 bridgehead atoms. The van der Waals surface area contributed by atoms with Crippen LogP contribution in [0, 0.1) is 5.92 Å². The van der Waals surface area contributed by atoms with Gasteiger partial charge < -0.3 is 19.9 Å². The number of benzene rings is 1. The summed E-state index contributed by atoms with van der Waals surface area (Å²) in [5.74, 6) is 2.26. The summed E-state index contributed by atoms with van der Waals surface area (Å²) in [5, 5.41) is 12.9. The van der Waals surface area contributed by atoms with Gasteiger partial charge in [-0.25, -0.2) is 0 Å². The molecule has 1 aromatic carbocycles. The topological polar surface area (TPSA) is 50.7 Å². The molecule has 0 amide bonds. The molecule has 4 heteroatoms. The first-order chi connectivity index (χ1) is 10.7. The number of aliphatic hydroxyl groups excluding tert-OH is 1. The van der Waals surface area contributed by atoms with Gasteiger partial charge in [0, 0.05) is 18.7 Å². The van der Waals surface area contributed by atoms with E-state index >= 15 is 0 Å². The van der Waals surface area contributed by atoms with Crippen LogP contribution in [0.1, 0.15) is 44.6 Å². The van der Waals surface area contributed by atoms with Gasteiger partial charge in [0.25, 0.3) is 0 Å². The molecule has 1 aromatic rings. The average molecular weight is 305 g/mol. The quantitative estimate of drug-likeness (QED) is 0.848. The van der Waals surface area contributed by atoms with Gasteiger partial charge in [-0.3, -0.25) is 0 Å². The normalized spacial score (nSPS) is 25.2. The second-order valence-electron chi connectivity index (χ2n) is 6.69. The Balaban J connectivity index is 1.42. The molecular formula is C18H27NO3. The number of aryl methyl sites for hydroxylation is 1. The van der Waals surface area contributed by atoms with E-state index in [4.69, 9.17) is 9.47 Å². The van der Waals surface area contributed by atoms with E-state index in [0.29, 0.717) is 31.4 Å². The summed E-state index contributed by atoms with van der Waals surface area (Å²) in [7, 11) is 0. The van der Waals surface area contributed by atoms with Crippen molar-refractivity contribution in [3.05, 3.63) is 23.8 Å². The largest absolute Gasteiger partial charge is 0.454 e. The summed E-state index contributed by atoms with van der Waals surface area (Å²) in [5.41, 5.74) is 1.31. The standard InChI is InChI=1S/C18H27NO3/c1-13(19-16-7-4-15(11-20)5-8-16)2-3-14-6-9-17-18(10-14)22-12-21-17/h6,9-10,13,15-16,19-20H,2-5,7-8,11-12H2,1H3. The Bertz CT molecular complexity index is 483. The predicted molar refractivity (Wildman–Crippen MR) is 86.3 cm³/mol. The van der Waals surface area contributed by atoms with E-state index in [1.165, 1.54) is 18.4 Å². The van der Waals surface area contributed by atoms with Gasteiger partial charge in [-0.1, -0.05) is 6.07 Å². The lowest BCUT2D eigenvalue weighted by Gasteiger charge is -2.30. The van der Waals surface area contributed by atoms with Crippen molar-refractivity contribution in [1.29, 1.82) is 0 Å². The van der Waals surface area contributed by atoms with Gasteiger partial charge >= 0.3 is 0 Å². The van der Waals surface area contributed by atoms with Crippen LogP contribution in [-0.4, -0.2) is 30.6 Å². The highest BCUT2D eigenvalue weighted by Crippen LogP contribution is 2.33. The lowest BCUT2D eigenvalue weighted by Crippen LogP contribution is -2.39. The smallest absolute Gasteiger partial charge is 0.231 e. The van der Waals surface area contributed by atoms with Gasteiger partial charge in [0.15, 0.2) is 11.5 Å². The van der Waals surface area contributed by atoms with Crippen molar-refractivity contribution in [2.45, 2.75) is 57.5 Å². The van der Waals surface area contributed by atoms with Crippen molar-refractivity contribution in [3.8, 4) is 11.5 Å². The van der Waals surface area contributed by atoms with E-state index in [2.05, 4.69) is 24.4 Å². The Labute approximate surface area is 132 Å². The summed E-state index contributed by atoms with van der Waals surface area (Å²) < 4.78 is 10.8. The van der Waals surface area contributed by atoms with Gasteiger partial charge in [-0.05, 0) is 69.1 Å². The summed E-state index contributed by atoms with van der Waals surface area (Å²) >= 11 is 0. The van der Waals surface area contributed by atoms with Gasteiger partial charge in [0.2, 0.25) is 6.79 Å². The molecular weight excluding hydrogens is 278 g/mol. The van der Waals surface area contributed by atoms with Crippen LogP contribution < -0.4 is 14.8 Å². The van der Waals surface area contributed by atoms with Crippen LogP contribution >= 0.6 is 0 Å². The first kappa shape index (κ1) is 15.6. The van der Waals surface area contributed by atoms with E-state index < -0.39 is 0 Å². The third-order valence-electron chi connectivity index (χ3n) is 4.93. The minimum atomic E-state index is 0.341. The molecule has 0 aromatic heterocycles. The first-order valence-electron chi connectivity index (χ1n) is 8.50. The Hall–Kier alpha value is -1.26. The fraction of sp³-hybridized carbons (Fsp3) is 0.667. The van der Waals surface area contributed by atoms with Crippen LogP contribution in [0.2, 0.25) is 0 Å². The highest BCUT2D eigenvalue weighted by atomic mass is 16.7. The molecule has 2 aliphatic rings. The molecule has 0 radical (unpaired) electrons. The number of ether oxygens (including phenoxy) is 2. The van der Waals surface area contributed by atoms with Gasteiger partial charge in [0.05, 0.1) is 0 Å². The van der Waals surface area contributed by atoms with E-state index in [1.54, 1.807) is 0 Å². The van der Waals surface area contributed by atoms with Crippen molar-refractivity contribution >= 4 is 0 Å². The lowest BCUT2D eigenvalue weighted by atomic mass is 9.86. The van der Waals surface area contributed by atoms with Crippen LogP contribution in [0.3, 0.4) is 0 Å². The third kappa shape index (κ3) is 3.93. The Morgan fingerprint density at radius 2 is 1.95 bits per heavy atom. The highest BCUT2D eigenvalue weighted by Gasteiger charge is 2.21. The van der Waals surface area contributed by atoms with Gasteiger partial charge in [-0.2, -0.15) is 0 Å². The maximum absolute atomic E-state index is 9.20. The van der Waals surface area contributed by atoms with E-state index in [1.807, 2.05) is 6.07 Å². The average Bonchev–Trinajstić information content (AvgIpc) is 3.01. The molecule has 0 spiro atoms. The number of fused-ring (bicyclic) bond motifs is 1. The Morgan fingerprint density at radius 3 is 2.73 bits per heavy atom. The van der Waals surface area contributed by atoms with Crippen LogP contribution in [0.4, 0.5) is 0 Å². The molecule has 1 fully saturated rings. The van der Waals surface area contributed by atoms with Crippen LogP contribution in [0.25, 0.3) is 0 Å². The van der Waals surface area contributed by atoms with E-state index in [9.17, 15) is 5.11 Å². The van der Waals surface area contributed by atoms with Crippen LogP contribution in [0.5, 0.6) is 11.5 Å². The molecule has 0 saturated heterocycles. The Morgan fingerprint density at radius 1 is 1.18 bits per heavy atom. The second kappa shape index (κ2) is 7.34. The number of nitrogens with one attached hydrogen (secondary N) is 1.